The maximum Gasteiger partial charge on any atom is 0.251 e. The van der Waals surface area contributed by atoms with Crippen LogP contribution in [0, 0.1) is 6.92 Å². The van der Waals surface area contributed by atoms with Gasteiger partial charge in [0.05, 0.1) is 17.7 Å². The van der Waals surface area contributed by atoms with Gasteiger partial charge in [-0.25, -0.2) is 13.1 Å². The molecule has 6 nitrogen and oxygen atoms in total. The third-order valence-corrected chi connectivity index (χ3v) is 4.90. The molecule has 0 spiro atoms. The summed E-state index contributed by atoms with van der Waals surface area (Å²) in [7, 11) is -3.76. The van der Waals surface area contributed by atoms with Crippen molar-refractivity contribution in [3.63, 3.8) is 0 Å². The van der Waals surface area contributed by atoms with Crippen molar-refractivity contribution in [3.8, 4) is 0 Å². The average Bonchev–Trinajstić information content (AvgIpc) is 3.04. The molecule has 128 valence electrons. The van der Waals surface area contributed by atoms with Crippen LogP contribution in [0.4, 0.5) is 0 Å². The van der Waals surface area contributed by atoms with Crippen molar-refractivity contribution in [2.24, 2.45) is 0 Å². The molecule has 0 saturated carbocycles. The number of benzene rings is 1. The number of sulfonamides is 1. The predicted octanol–water partition coefficient (Wildman–Crippen LogP) is 2.70. The molecule has 0 atom stereocenters. The fraction of sp³-hybridized carbons (Fsp3) is 0.188. The molecule has 0 fully saturated rings. The fourth-order valence-corrected chi connectivity index (χ4v) is 3.11. The number of amides is 1. The number of hydrogen-bond donors (Lipinski definition) is 2. The largest absolute Gasteiger partial charge is 0.468 e. The lowest BCUT2D eigenvalue weighted by molar-refractivity contribution is 0.0957. The summed E-state index contributed by atoms with van der Waals surface area (Å²) in [6.45, 7) is 5.67. The van der Waals surface area contributed by atoms with Gasteiger partial charge in [-0.3, -0.25) is 4.79 Å². The van der Waals surface area contributed by atoms with Crippen LogP contribution in [-0.2, 0) is 16.6 Å². The van der Waals surface area contributed by atoms with Crippen LogP contribution in [0.15, 0.2) is 57.0 Å². The second kappa shape index (κ2) is 7.78. The van der Waals surface area contributed by atoms with E-state index in [0.717, 1.165) is 0 Å². The number of rotatable bonds is 7. The number of halogens is 1. The van der Waals surface area contributed by atoms with E-state index in [-0.39, 0.29) is 23.9 Å². The molecule has 0 bridgehead atoms. The van der Waals surface area contributed by atoms with Crippen LogP contribution in [0.1, 0.15) is 21.7 Å². The molecule has 1 amide bonds. The number of aryl methyl sites for hydroxylation is 1. The molecule has 0 aliphatic rings. The van der Waals surface area contributed by atoms with Gasteiger partial charge in [-0.1, -0.05) is 28.6 Å². The van der Waals surface area contributed by atoms with Crippen LogP contribution in [0.3, 0.4) is 0 Å². The van der Waals surface area contributed by atoms with E-state index < -0.39 is 10.0 Å². The first-order chi connectivity index (χ1) is 11.3. The summed E-state index contributed by atoms with van der Waals surface area (Å²) in [5.41, 5.74) is 0.974. The second-order valence-electron chi connectivity index (χ2n) is 5.08. The molecule has 8 heteroatoms. The highest BCUT2D eigenvalue weighted by atomic mass is 79.9. The van der Waals surface area contributed by atoms with Gasteiger partial charge in [0.2, 0.25) is 10.0 Å². The molecule has 0 saturated heterocycles. The monoisotopic (exact) mass is 412 g/mol. The summed E-state index contributed by atoms with van der Waals surface area (Å²) in [6, 6.07) is 7.75. The Morgan fingerprint density at radius 3 is 2.71 bits per heavy atom. The molecule has 1 aromatic heterocycles. The maximum absolute atomic E-state index is 12.4. The highest BCUT2D eigenvalue weighted by molar-refractivity contribution is 9.11. The van der Waals surface area contributed by atoms with Crippen molar-refractivity contribution in [1.29, 1.82) is 0 Å². The average molecular weight is 413 g/mol. The van der Waals surface area contributed by atoms with Gasteiger partial charge in [0.25, 0.3) is 5.91 Å². The Morgan fingerprint density at radius 2 is 2.08 bits per heavy atom. The van der Waals surface area contributed by atoms with Crippen molar-refractivity contribution >= 4 is 31.9 Å². The van der Waals surface area contributed by atoms with E-state index in [0.29, 0.717) is 21.4 Å². The molecule has 0 aliphatic carbocycles. The summed E-state index contributed by atoms with van der Waals surface area (Å²) in [4.78, 5) is 12.2. The minimum Gasteiger partial charge on any atom is -0.468 e. The van der Waals surface area contributed by atoms with E-state index in [1.54, 1.807) is 25.1 Å². The van der Waals surface area contributed by atoms with E-state index in [4.69, 9.17) is 4.42 Å². The van der Waals surface area contributed by atoms with Crippen LogP contribution >= 0.6 is 15.9 Å². The lowest BCUT2D eigenvalue weighted by Crippen LogP contribution is -2.27. The summed E-state index contributed by atoms with van der Waals surface area (Å²) < 4.78 is 32.9. The molecule has 24 heavy (non-hydrogen) atoms. The van der Waals surface area contributed by atoms with Crippen molar-refractivity contribution in [1.82, 2.24) is 10.0 Å². The summed E-state index contributed by atoms with van der Waals surface area (Å²) in [6.07, 6.45) is 1.47. The molecule has 2 rings (SSSR count). The van der Waals surface area contributed by atoms with E-state index >= 15 is 0 Å². The van der Waals surface area contributed by atoms with E-state index in [1.807, 2.05) is 0 Å². The summed E-state index contributed by atoms with van der Waals surface area (Å²) in [5.74, 6) is 0.135. The first-order valence-corrected chi connectivity index (χ1v) is 9.31. The fourth-order valence-electron chi connectivity index (χ4n) is 1.95. The zero-order chi connectivity index (χ0) is 17.7. The first-order valence-electron chi connectivity index (χ1n) is 7.04. The summed E-state index contributed by atoms with van der Waals surface area (Å²) in [5, 5.41) is 2.66. The third kappa shape index (κ3) is 4.80. The number of hydrogen-bond acceptors (Lipinski definition) is 4. The van der Waals surface area contributed by atoms with Crippen LogP contribution in [-0.4, -0.2) is 20.9 Å². The molecular formula is C16H17BrN2O4S. The number of carbonyl (C=O) groups is 1. The maximum atomic E-state index is 12.4. The molecule has 1 heterocycles. The third-order valence-electron chi connectivity index (χ3n) is 3.22. The van der Waals surface area contributed by atoms with Gasteiger partial charge >= 0.3 is 0 Å². The molecular weight excluding hydrogens is 396 g/mol. The number of furan rings is 1. The van der Waals surface area contributed by atoms with Crippen molar-refractivity contribution < 1.29 is 17.6 Å². The Bertz CT molecular complexity index is 845. The van der Waals surface area contributed by atoms with Gasteiger partial charge in [-0.2, -0.15) is 0 Å². The highest BCUT2D eigenvalue weighted by Crippen LogP contribution is 2.16. The van der Waals surface area contributed by atoms with E-state index in [2.05, 4.69) is 32.5 Å². The molecule has 0 unspecified atom stereocenters. The Labute approximate surface area is 149 Å². The van der Waals surface area contributed by atoms with Gasteiger partial charge in [0.1, 0.15) is 5.76 Å². The highest BCUT2D eigenvalue weighted by Gasteiger charge is 2.18. The Kier molecular flexibility index (Phi) is 5.98. The minimum atomic E-state index is -3.76. The lowest BCUT2D eigenvalue weighted by Gasteiger charge is -2.10. The Balaban J connectivity index is 2.19. The quantitative estimate of drug-likeness (QED) is 0.731. The standard InChI is InChI=1S/C16H17BrN2O4S/c1-11-5-6-14(8-15(11)16(20)18-9-12(2)17)24(21,22)19-10-13-4-3-7-23-13/h3-8,19H,2,9-10H2,1H3,(H,18,20). The van der Waals surface area contributed by atoms with Crippen LogP contribution in [0.25, 0.3) is 0 Å². The predicted molar refractivity (Wildman–Crippen MR) is 94.3 cm³/mol. The summed E-state index contributed by atoms with van der Waals surface area (Å²) >= 11 is 3.16. The van der Waals surface area contributed by atoms with Gasteiger partial charge in [0, 0.05) is 16.6 Å². The van der Waals surface area contributed by atoms with Crippen molar-refractivity contribution in [2.45, 2.75) is 18.4 Å². The Morgan fingerprint density at radius 1 is 1.33 bits per heavy atom. The molecule has 2 N–H and O–H groups in total. The molecule has 2 aromatic rings. The molecule has 0 radical (unpaired) electrons. The minimum absolute atomic E-state index is 0.0162. The van der Waals surface area contributed by atoms with Crippen LogP contribution in [0.2, 0.25) is 0 Å². The lowest BCUT2D eigenvalue weighted by atomic mass is 10.1. The second-order valence-corrected chi connectivity index (χ2v) is 7.97. The number of nitrogens with one attached hydrogen (secondary N) is 2. The topological polar surface area (TPSA) is 88.4 Å². The number of carbonyl (C=O) groups excluding carboxylic acids is 1. The van der Waals surface area contributed by atoms with E-state index in [9.17, 15) is 13.2 Å². The van der Waals surface area contributed by atoms with Crippen molar-refractivity contribution in [2.75, 3.05) is 6.54 Å². The normalized spacial score (nSPS) is 11.2. The van der Waals surface area contributed by atoms with Crippen LogP contribution in [0.5, 0.6) is 0 Å². The zero-order valence-electron chi connectivity index (χ0n) is 13.0. The first kappa shape index (κ1) is 18.4. The van der Waals surface area contributed by atoms with Crippen molar-refractivity contribution in [3.05, 3.63) is 64.5 Å². The molecule has 1 aromatic carbocycles. The Hall–Kier alpha value is -1.90. The van der Waals surface area contributed by atoms with E-state index in [1.165, 1.54) is 18.4 Å². The van der Waals surface area contributed by atoms with Gasteiger partial charge in [-0.05, 0) is 36.8 Å². The van der Waals surface area contributed by atoms with Gasteiger partial charge < -0.3 is 9.73 Å². The van der Waals surface area contributed by atoms with Gasteiger partial charge in [0.15, 0.2) is 0 Å². The van der Waals surface area contributed by atoms with Gasteiger partial charge in [-0.15, -0.1) is 0 Å². The zero-order valence-corrected chi connectivity index (χ0v) is 15.4. The smallest absolute Gasteiger partial charge is 0.251 e. The SMILES string of the molecule is C=C(Br)CNC(=O)c1cc(S(=O)(=O)NCc2ccco2)ccc1C. The van der Waals surface area contributed by atoms with Crippen LogP contribution < -0.4 is 10.0 Å². The molecule has 0 aliphatic heterocycles.